The Hall–Kier alpha value is -0.240. The van der Waals surface area contributed by atoms with Crippen molar-refractivity contribution in [1.29, 1.82) is 0 Å². The second kappa shape index (κ2) is 5.51. The van der Waals surface area contributed by atoms with Gasteiger partial charge in [0.05, 0.1) is 0 Å². The lowest BCUT2D eigenvalue weighted by atomic mass is 9.96. The summed E-state index contributed by atoms with van der Waals surface area (Å²) < 4.78 is 28.1. The van der Waals surface area contributed by atoms with Crippen molar-refractivity contribution in [2.75, 3.05) is 6.54 Å². The highest BCUT2D eigenvalue weighted by Crippen LogP contribution is 2.39. The van der Waals surface area contributed by atoms with Gasteiger partial charge in [-0.25, -0.2) is 8.42 Å². The molecule has 1 saturated heterocycles. The van der Waals surface area contributed by atoms with Gasteiger partial charge in [-0.05, 0) is 53.1 Å². The van der Waals surface area contributed by atoms with Gasteiger partial charge in [-0.3, -0.25) is 4.79 Å². The van der Waals surface area contributed by atoms with Gasteiger partial charge < -0.3 is 0 Å². The van der Waals surface area contributed by atoms with Crippen LogP contribution in [0.2, 0.25) is 0 Å². The molecular formula is C13H16BrNO3S2. The number of sulfonamides is 1. The van der Waals surface area contributed by atoms with E-state index < -0.39 is 10.0 Å². The van der Waals surface area contributed by atoms with Crippen molar-refractivity contribution in [1.82, 2.24) is 4.31 Å². The minimum atomic E-state index is -3.48. The van der Waals surface area contributed by atoms with Gasteiger partial charge in [-0.1, -0.05) is 0 Å². The average Bonchev–Trinajstić information content (AvgIpc) is 3.07. The lowest BCUT2D eigenvalue weighted by Gasteiger charge is -2.27. The SMILES string of the molecule is O=C1CCCC1C1CCCN1S(=O)(=O)c1sccc1Br. The molecule has 1 aromatic rings. The first-order chi connectivity index (χ1) is 9.51. The Balaban J connectivity index is 1.92. The maximum atomic E-state index is 12.8. The van der Waals surface area contributed by atoms with Gasteiger partial charge in [-0.2, -0.15) is 4.31 Å². The van der Waals surface area contributed by atoms with Gasteiger partial charge in [0.25, 0.3) is 10.0 Å². The molecule has 0 radical (unpaired) electrons. The zero-order chi connectivity index (χ0) is 14.3. The molecule has 2 aliphatic rings. The molecule has 4 nitrogen and oxygen atoms in total. The summed E-state index contributed by atoms with van der Waals surface area (Å²) in [5.74, 6) is 0.147. The highest BCUT2D eigenvalue weighted by Gasteiger charge is 2.44. The van der Waals surface area contributed by atoms with Gasteiger partial charge in [0.1, 0.15) is 9.99 Å². The highest BCUT2D eigenvalue weighted by molar-refractivity contribution is 9.10. The summed E-state index contributed by atoms with van der Waals surface area (Å²) in [5, 5.41) is 1.77. The van der Waals surface area contributed by atoms with Crippen LogP contribution in [-0.4, -0.2) is 31.1 Å². The van der Waals surface area contributed by atoms with Gasteiger partial charge in [0, 0.05) is 29.4 Å². The Labute approximate surface area is 131 Å². The van der Waals surface area contributed by atoms with Crippen LogP contribution < -0.4 is 0 Å². The third kappa shape index (κ3) is 2.38. The van der Waals surface area contributed by atoms with Crippen molar-refractivity contribution in [2.45, 2.75) is 42.4 Å². The molecule has 1 aliphatic carbocycles. The van der Waals surface area contributed by atoms with E-state index in [1.807, 2.05) is 0 Å². The lowest BCUT2D eigenvalue weighted by Crippen LogP contribution is -2.41. The molecule has 7 heteroatoms. The van der Waals surface area contributed by atoms with E-state index in [0.29, 0.717) is 21.6 Å². The molecule has 110 valence electrons. The quantitative estimate of drug-likeness (QED) is 0.813. The molecule has 1 saturated carbocycles. The molecule has 2 atom stereocenters. The van der Waals surface area contributed by atoms with E-state index in [1.165, 1.54) is 11.3 Å². The van der Waals surface area contributed by atoms with Crippen molar-refractivity contribution < 1.29 is 13.2 Å². The number of thiophene rings is 1. The summed E-state index contributed by atoms with van der Waals surface area (Å²) in [6.45, 7) is 0.529. The second-order valence-corrected chi connectivity index (χ2v) is 9.20. The van der Waals surface area contributed by atoms with E-state index in [9.17, 15) is 13.2 Å². The molecule has 1 aliphatic heterocycles. The number of hydrogen-bond acceptors (Lipinski definition) is 4. The Kier molecular flexibility index (Phi) is 4.05. The van der Waals surface area contributed by atoms with E-state index in [0.717, 1.165) is 25.7 Å². The summed E-state index contributed by atoms with van der Waals surface area (Å²) in [6, 6.07) is 1.62. The van der Waals surface area contributed by atoms with Crippen LogP contribution in [0, 0.1) is 5.92 Å². The van der Waals surface area contributed by atoms with Crippen LogP contribution in [0.3, 0.4) is 0 Å². The molecule has 20 heavy (non-hydrogen) atoms. The number of Topliss-reactive ketones (excluding diaryl/α,β-unsaturated/α-hetero) is 1. The van der Waals surface area contributed by atoms with Crippen molar-refractivity contribution in [3.63, 3.8) is 0 Å². The van der Waals surface area contributed by atoms with Crippen molar-refractivity contribution in [3.05, 3.63) is 15.9 Å². The number of nitrogens with zero attached hydrogens (tertiary/aromatic N) is 1. The monoisotopic (exact) mass is 377 g/mol. The summed E-state index contributed by atoms with van der Waals surface area (Å²) in [4.78, 5) is 12.0. The Morgan fingerprint density at radius 3 is 2.70 bits per heavy atom. The molecule has 0 amide bonds. The van der Waals surface area contributed by atoms with Crippen molar-refractivity contribution >= 4 is 43.1 Å². The third-order valence-electron chi connectivity index (χ3n) is 4.19. The van der Waals surface area contributed by atoms with Crippen LogP contribution in [0.25, 0.3) is 0 Å². The van der Waals surface area contributed by atoms with Crippen LogP contribution in [-0.2, 0) is 14.8 Å². The molecule has 2 fully saturated rings. The topological polar surface area (TPSA) is 54.5 Å². The Morgan fingerprint density at radius 2 is 2.10 bits per heavy atom. The predicted octanol–water partition coefficient (Wildman–Crippen LogP) is 3.03. The molecule has 0 spiro atoms. The summed E-state index contributed by atoms with van der Waals surface area (Å²) >= 11 is 4.53. The van der Waals surface area contributed by atoms with E-state index >= 15 is 0 Å². The first-order valence-corrected chi connectivity index (χ1v) is 9.90. The number of ketones is 1. The summed E-state index contributed by atoms with van der Waals surface area (Å²) in [5.41, 5.74) is 0. The summed E-state index contributed by atoms with van der Waals surface area (Å²) in [7, 11) is -3.48. The highest BCUT2D eigenvalue weighted by atomic mass is 79.9. The van der Waals surface area contributed by atoms with Crippen LogP contribution in [0.1, 0.15) is 32.1 Å². The molecule has 2 unspecified atom stereocenters. The molecule has 0 N–H and O–H groups in total. The van der Waals surface area contributed by atoms with Crippen molar-refractivity contribution in [2.24, 2.45) is 5.92 Å². The van der Waals surface area contributed by atoms with E-state index in [2.05, 4.69) is 15.9 Å². The molecule has 0 aromatic carbocycles. The zero-order valence-corrected chi connectivity index (χ0v) is 14.1. The van der Waals surface area contributed by atoms with Gasteiger partial charge in [-0.15, -0.1) is 11.3 Å². The molecule has 3 rings (SSSR count). The van der Waals surface area contributed by atoms with Gasteiger partial charge >= 0.3 is 0 Å². The first kappa shape index (κ1) is 14.7. The minimum absolute atomic E-state index is 0.0917. The number of carbonyl (C=O) groups excluding carboxylic acids is 1. The van der Waals surface area contributed by atoms with Crippen LogP contribution >= 0.6 is 27.3 Å². The second-order valence-electron chi connectivity index (χ2n) is 5.35. The number of hydrogen-bond donors (Lipinski definition) is 0. The maximum Gasteiger partial charge on any atom is 0.253 e. The molecule has 0 bridgehead atoms. The minimum Gasteiger partial charge on any atom is -0.299 e. The van der Waals surface area contributed by atoms with E-state index in [1.54, 1.807) is 15.8 Å². The van der Waals surface area contributed by atoms with Crippen LogP contribution in [0.15, 0.2) is 20.1 Å². The fraction of sp³-hybridized carbons (Fsp3) is 0.615. The predicted molar refractivity (Wildman–Crippen MR) is 81.3 cm³/mol. The zero-order valence-electron chi connectivity index (χ0n) is 10.9. The number of rotatable bonds is 3. The molecule has 2 heterocycles. The maximum absolute atomic E-state index is 12.8. The van der Waals surface area contributed by atoms with Gasteiger partial charge in [0.2, 0.25) is 0 Å². The fourth-order valence-electron chi connectivity index (χ4n) is 3.29. The third-order valence-corrected chi connectivity index (χ3v) is 8.76. The number of halogens is 1. The Bertz CT molecular complexity index is 625. The van der Waals surface area contributed by atoms with Crippen LogP contribution in [0.5, 0.6) is 0 Å². The first-order valence-electron chi connectivity index (χ1n) is 6.79. The van der Waals surface area contributed by atoms with Crippen molar-refractivity contribution in [3.8, 4) is 0 Å². The normalized spacial score (nSPS) is 28.4. The van der Waals surface area contributed by atoms with E-state index in [-0.39, 0.29) is 17.7 Å². The molecule has 1 aromatic heterocycles. The smallest absolute Gasteiger partial charge is 0.253 e. The Morgan fingerprint density at radius 1 is 1.30 bits per heavy atom. The summed E-state index contributed by atoms with van der Waals surface area (Å²) in [6.07, 6.45) is 3.99. The van der Waals surface area contributed by atoms with Crippen LogP contribution in [0.4, 0.5) is 0 Å². The number of carbonyl (C=O) groups is 1. The standard InChI is InChI=1S/C13H16BrNO3S2/c14-10-6-8-19-13(10)20(17,18)15-7-2-4-11(15)9-3-1-5-12(9)16/h6,8-9,11H,1-5,7H2. The lowest BCUT2D eigenvalue weighted by molar-refractivity contribution is -0.121. The average molecular weight is 378 g/mol. The fourth-order valence-corrected chi connectivity index (χ4v) is 7.44. The molecular weight excluding hydrogens is 362 g/mol. The van der Waals surface area contributed by atoms with E-state index in [4.69, 9.17) is 0 Å². The van der Waals surface area contributed by atoms with Gasteiger partial charge in [0.15, 0.2) is 0 Å². The largest absolute Gasteiger partial charge is 0.299 e.